The number of rotatable bonds is 6. The van der Waals surface area contributed by atoms with Gasteiger partial charge in [-0.15, -0.1) is 0 Å². The molecule has 3 nitrogen and oxygen atoms in total. The number of nitrogens with one attached hydrogen (secondary N) is 1. The van der Waals surface area contributed by atoms with Gasteiger partial charge in [0.2, 0.25) is 0 Å². The first-order chi connectivity index (χ1) is 10.1. The van der Waals surface area contributed by atoms with Crippen LogP contribution in [-0.2, 0) is 6.42 Å². The number of ether oxygens (including phenoxy) is 1. The lowest BCUT2D eigenvalue weighted by molar-refractivity contribution is 0.242. The maximum absolute atomic E-state index is 9.08. The molecule has 21 heavy (non-hydrogen) atoms. The van der Waals surface area contributed by atoms with Crippen molar-refractivity contribution in [3.05, 3.63) is 65.7 Å². The van der Waals surface area contributed by atoms with E-state index >= 15 is 0 Å². The largest absolute Gasteiger partial charge is 0.491 e. The molecule has 0 fully saturated rings. The summed E-state index contributed by atoms with van der Waals surface area (Å²) in [5.41, 5.74) is 1.87. The standard InChI is InChI=1S/C18H20N2O/c1-18(13-19,20-2)14-21-17-10-8-16(9-11-17)12-15-6-4-3-5-7-15/h3-11,20H,12,14H2,1-2H3. The van der Waals surface area contributed by atoms with Crippen LogP contribution >= 0.6 is 0 Å². The molecule has 0 aliphatic heterocycles. The van der Waals surface area contributed by atoms with Gasteiger partial charge in [0, 0.05) is 0 Å². The van der Waals surface area contributed by atoms with E-state index in [0.717, 1.165) is 12.2 Å². The quantitative estimate of drug-likeness (QED) is 0.884. The van der Waals surface area contributed by atoms with E-state index in [1.54, 1.807) is 7.05 Å². The number of hydrogen-bond donors (Lipinski definition) is 1. The van der Waals surface area contributed by atoms with Crippen LogP contribution in [0.2, 0.25) is 0 Å². The van der Waals surface area contributed by atoms with E-state index in [2.05, 4.69) is 35.7 Å². The van der Waals surface area contributed by atoms with Gasteiger partial charge < -0.3 is 4.74 Å². The van der Waals surface area contributed by atoms with Crippen molar-refractivity contribution >= 4 is 0 Å². The molecule has 0 amide bonds. The van der Waals surface area contributed by atoms with Crippen LogP contribution in [0.1, 0.15) is 18.1 Å². The molecule has 1 atom stereocenters. The average molecular weight is 280 g/mol. The highest BCUT2D eigenvalue weighted by atomic mass is 16.5. The molecule has 0 saturated carbocycles. The zero-order chi connectivity index (χ0) is 15.1. The molecule has 0 heterocycles. The van der Waals surface area contributed by atoms with E-state index in [-0.39, 0.29) is 0 Å². The van der Waals surface area contributed by atoms with Gasteiger partial charge in [-0.2, -0.15) is 5.26 Å². The summed E-state index contributed by atoms with van der Waals surface area (Å²) in [5.74, 6) is 0.781. The van der Waals surface area contributed by atoms with Crippen molar-refractivity contribution in [1.29, 1.82) is 5.26 Å². The summed E-state index contributed by atoms with van der Waals surface area (Å²) in [6.45, 7) is 2.13. The van der Waals surface area contributed by atoms with Gasteiger partial charge in [0.1, 0.15) is 17.9 Å². The molecule has 0 bridgehead atoms. The van der Waals surface area contributed by atoms with Gasteiger partial charge in [-0.05, 0) is 43.7 Å². The van der Waals surface area contributed by atoms with E-state index < -0.39 is 5.54 Å². The first-order valence-electron chi connectivity index (χ1n) is 7.01. The molecule has 0 radical (unpaired) electrons. The predicted molar refractivity (Wildman–Crippen MR) is 84.3 cm³/mol. The third-order valence-electron chi connectivity index (χ3n) is 3.50. The number of nitriles is 1. The van der Waals surface area contributed by atoms with Crippen molar-refractivity contribution in [3.8, 4) is 11.8 Å². The van der Waals surface area contributed by atoms with Crippen LogP contribution in [0.3, 0.4) is 0 Å². The Hall–Kier alpha value is -2.31. The van der Waals surface area contributed by atoms with E-state index in [1.807, 2.05) is 37.3 Å². The summed E-state index contributed by atoms with van der Waals surface area (Å²) >= 11 is 0. The minimum atomic E-state index is -0.664. The number of hydrogen-bond acceptors (Lipinski definition) is 3. The molecule has 2 aromatic carbocycles. The van der Waals surface area contributed by atoms with E-state index in [9.17, 15) is 0 Å². The molecular weight excluding hydrogens is 260 g/mol. The van der Waals surface area contributed by atoms with Crippen molar-refractivity contribution < 1.29 is 4.74 Å². The number of nitrogens with zero attached hydrogens (tertiary/aromatic N) is 1. The molecule has 2 rings (SSSR count). The van der Waals surface area contributed by atoms with Crippen molar-refractivity contribution in [2.45, 2.75) is 18.9 Å². The first kappa shape index (κ1) is 15.1. The number of benzene rings is 2. The Morgan fingerprint density at radius 2 is 1.67 bits per heavy atom. The fourth-order valence-corrected chi connectivity index (χ4v) is 1.92. The molecule has 3 heteroatoms. The third-order valence-corrected chi connectivity index (χ3v) is 3.50. The van der Waals surface area contributed by atoms with Crippen LogP contribution in [0.25, 0.3) is 0 Å². The second-order valence-corrected chi connectivity index (χ2v) is 5.29. The summed E-state index contributed by atoms with van der Waals surface area (Å²) in [7, 11) is 1.76. The van der Waals surface area contributed by atoms with Crippen LogP contribution in [-0.4, -0.2) is 19.2 Å². The molecular formula is C18H20N2O. The van der Waals surface area contributed by atoms with Crippen LogP contribution < -0.4 is 10.1 Å². The number of likely N-dealkylation sites (N-methyl/N-ethyl adjacent to an activating group) is 1. The summed E-state index contributed by atoms with van der Waals surface area (Å²) in [6.07, 6.45) is 0.910. The van der Waals surface area contributed by atoms with Crippen molar-refractivity contribution in [2.75, 3.05) is 13.7 Å². The highest BCUT2D eigenvalue weighted by Crippen LogP contribution is 2.16. The fraction of sp³-hybridized carbons (Fsp3) is 0.278. The Kier molecular flexibility index (Phi) is 4.97. The highest BCUT2D eigenvalue weighted by Gasteiger charge is 2.21. The molecule has 0 aromatic heterocycles. The summed E-state index contributed by atoms with van der Waals surface area (Å²) in [4.78, 5) is 0. The van der Waals surface area contributed by atoms with E-state index in [0.29, 0.717) is 6.61 Å². The molecule has 0 saturated heterocycles. The molecule has 1 unspecified atom stereocenters. The lowest BCUT2D eigenvalue weighted by Crippen LogP contribution is -2.43. The van der Waals surface area contributed by atoms with Gasteiger partial charge in [0.25, 0.3) is 0 Å². The molecule has 1 N–H and O–H groups in total. The van der Waals surface area contributed by atoms with Crippen molar-refractivity contribution in [2.24, 2.45) is 0 Å². The second kappa shape index (κ2) is 6.92. The Bertz CT molecular complexity index is 601. The Morgan fingerprint density at radius 3 is 2.24 bits per heavy atom. The SMILES string of the molecule is CNC(C)(C#N)COc1ccc(Cc2ccccc2)cc1. The predicted octanol–water partition coefficient (Wildman–Crippen LogP) is 3.16. The molecule has 108 valence electrons. The minimum Gasteiger partial charge on any atom is -0.491 e. The van der Waals surface area contributed by atoms with Gasteiger partial charge in [-0.25, -0.2) is 0 Å². The smallest absolute Gasteiger partial charge is 0.137 e. The monoisotopic (exact) mass is 280 g/mol. The van der Waals surface area contributed by atoms with E-state index in [4.69, 9.17) is 10.00 Å². The lowest BCUT2D eigenvalue weighted by Gasteiger charge is -2.20. The van der Waals surface area contributed by atoms with Crippen molar-refractivity contribution in [1.82, 2.24) is 5.32 Å². The van der Waals surface area contributed by atoms with Gasteiger partial charge >= 0.3 is 0 Å². The summed E-state index contributed by atoms with van der Waals surface area (Å²) in [5, 5.41) is 12.0. The first-order valence-corrected chi connectivity index (χ1v) is 7.01. The maximum Gasteiger partial charge on any atom is 0.137 e. The van der Waals surface area contributed by atoms with Crippen LogP contribution in [0.5, 0.6) is 5.75 Å². The summed E-state index contributed by atoms with van der Waals surface area (Å²) in [6, 6.07) is 20.6. The highest BCUT2D eigenvalue weighted by molar-refractivity contribution is 5.31. The average Bonchev–Trinajstić information content (AvgIpc) is 2.55. The lowest BCUT2D eigenvalue weighted by atomic mass is 10.0. The van der Waals surface area contributed by atoms with Gasteiger partial charge in [0.15, 0.2) is 0 Å². The zero-order valence-corrected chi connectivity index (χ0v) is 12.5. The minimum absolute atomic E-state index is 0.317. The van der Waals surface area contributed by atoms with Crippen molar-refractivity contribution in [3.63, 3.8) is 0 Å². The van der Waals surface area contributed by atoms with Gasteiger partial charge in [-0.1, -0.05) is 42.5 Å². The Morgan fingerprint density at radius 1 is 1.05 bits per heavy atom. The van der Waals surface area contributed by atoms with E-state index in [1.165, 1.54) is 11.1 Å². The second-order valence-electron chi connectivity index (χ2n) is 5.29. The molecule has 0 aliphatic rings. The normalized spacial score (nSPS) is 13.2. The molecule has 2 aromatic rings. The third kappa shape index (κ3) is 4.34. The van der Waals surface area contributed by atoms with Crippen LogP contribution in [0.4, 0.5) is 0 Å². The topological polar surface area (TPSA) is 45.0 Å². The zero-order valence-electron chi connectivity index (χ0n) is 12.5. The Balaban J connectivity index is 1.95. The molecule has 0 aliphatic carbocycles. The van der Waals surface area contributed by atoms with Crippen LogP contribution in [0, 0.1) is 11.3 Å². The molecule has 0 spiro atoms. The summed E-state index contributed by atoms with van der Waals surface area (Å²) < 4.78 is 5.67. The van der Waals surface area contributed by atoms with Gasteiger partial charge in [0.05, 0.1) is 6.07 Å². The Labute approximate surface area is 126 Å². The maximum atomic E-state index is 9.08. The fourth-order valence-electron chi connectivity index (χ4n) is 1.92. The van der Waals surface area contributed by atoms with Gasteiger partial charge in [-0.3, -0.25) is 5.32 Å². The van der Waals surface area contributed by atoms with Crippen LogP contribution in [0.15, 0.2) is 54.6 Å².